The van der Waals surface area contributed by atoms with Crippen molar-refractivity contribution in [3.63, 3.8) is 0 Å². The first-order valence-electron chi connectivity index (χ1n) is 9.31. The Hall–Kier alpha value is -3.00. The highest BCUT2D eigenvalue weighted by atomic mass is 16.6. The van der Waals surface area contributed by atoms with Crippen molar-refractivity contribution < 1.29 is 14.3 Å². The summed E-state index contributed by atoms with van der Waals surface area (Å²) in [6, 6.07) is 5.74. The number of fused-ring (bicyclic) bond motifs is 4. The van der Waals surface area contributed by atoms with E-state index in [4.69, 9.17) is 20.2 Å². The highest BCUT2D eigenvalue weighted by Gasteiger charge is 2.68. The lowest BCUT2D eigenvalue weighted by Gasteiger charge is -2.52. The smallest absolute Gasteiger partial charge is 0.265 e. The number of likely N-dealkylation sites (N-methyl/N-ethyl adjacent to an activating group) is 1. The summed E-state index contributed by atoms with van der Waals surface area (Å²) in [6.07, 6.45) is 6.31. The number of carbonyl (C=O) groups is 1. The van der Waals surface area contributed by atoms with Crippen LogP contribution < -0.4 is 10.5 Å². The van der Waals surface area contributed by atoms with Gasteiger partial charge in [-0.3, -0.25) is 9.69 Å². The van der Waals surface area contributed by atoms with Gasteiger partial charge in [0.05, 0.1) is 0 Å². The normalized spacial score (nSPS) is 31.2. The first kappa shape index (κ1) is 17.1. The molecule has 4 heterocycles. The molecule has 1 saturated heterocycles. The topological polar surface area (TPSA) is 103 Å². The summed E-state index contributed by atoms with van der Waals surface area (Å²) in [5, 5.41) is 0. The maximum atomic E-state index is 13.5. The number of amides is 1. The molecule has 1 aromatic carbocycles. The lowest BCUT2D eigenvalue weighted by atomic mass is 9.68. The van der Waals surface area contributed by atoms with Gasteiger partial charge < -0.3 is 15.2 Å². The Balaban J connectivity index is 1.78. The van der Waals surface area contributed by atoms with Gasteiger partial charge in [0.1, 0.15) is 23.8 Å². The van der Waals surface area contributed by atoms with E-state index >= 15 is 0 Å². The van der Waals surface area contributed by atoms with Crippen LogP contribution in [0.3, 0.4) is 0 Å². The number of hydrogen-bond acceptors (Lipinski definition) is 7. The molecule has 1 fully saturated rings. The lowest BCUT2D eigenvalue weighted by molar-refractivity contribution is -0.191. The average Bonchev–Trinajstić information content (AvgIpc) is 2.95. The van der Waals surface area contributed by atoms with Gasteiger partial charge in [-0.2, -0.15) is 0 Å². The zero-order valence-electron chi connectivity index (χ0n) is 15.8. The molecule has 3 aliphatic rings. The van der Waals surface area contributed by atoms with Crippen LogP contribution in [-0.2, 0) is 15.1 Å². The molecule has 1 spiro atoms. The van der Waals surface area contributed by atoms with Crippen LogP contribution in [0.2, 0.25) is 0 Å². The van der Waals surface area contributed by atoms with E-state index in [1.54, 1.807) is 19.4 Å². The summed E-state index contributed by atoms with van der Waals surface area (Å²) in [5.41, 5.74) is 6.24. The maximum absolute atomic E-state index is 13.5. The van der Waals surface area contributed by atoms with Gasteiger partial charge in [-0.05, 0) is 37.5 Å². The number of hydrogen-bond donors (Lipinski definition) is 1. The maximum Gasteiger partial charge on any atom is 0.265 e. The van der Waals surface area contributed by atoms with Crippen LogP contribution in [0.5, 0.6) is 5.75 Å². The Labute approximate surface area is 162 Å². The van der Waals surface area contributed by atoms with Crippen LogP contribution in [0.4, 0.5) is 0 Å². The number of aliphatic imine (C=N–C) groups is 1. The van der Waals surface area contributed by atoms with Gasteiger partial charge in [-0.15, -0.1) is 0 Å². The van der Waals surface area contributed by atoms with E-state index in [0.29, 0.717) is 17.9 Å². The van der Waals surface area contributed by atoms with Crippen LogP contribution in [0, 0.1) is 0 Å². The molecule has 3 atom stereocenters. The summed E-state index contributed by atoms with van der Waals surface area (Å²) >= 11 is 0. The predicted octanol–water partition coefficient (Wildman–Crippen LogP) is 1.46. The first-order chi connectivity index (χ1) is 13.5. The third-order valence-electron chi connectivity index (χ3n) is 6.12. The highest BCUT2D eigenvalue weighted by Crippen LogP contribution is 2.55. The zero-order valence-corrected chi connectivity index (χ0v) is 15.8. The van der Waals surface area contributed by atoms with E-state index in [2.05, 4.69) is 9.97 Å². The Morgan fingerprint density at radius 2 is 2.04 bits per heavy atom. The van der Waals surface area contributed by atoms with Gasteiger partial charge in [0.15, 0.2) is 5.96 Å². The van der Waals surface area contributed by atoms with E-state index < -0.39 is 11.1 Å². The minimum absolute atomic E-state index is 0.181. The summed E-state index contributed by atoms with van der Waals surface area (Å²) in [6.45, 7) is 2.46. The van der Waals surface area contributed by atoms with E-state index in [0.717, 1.165) is 24.0 Å². The Morgan fingerprint density at radius 3 is 2.75 bits per heavy atom. The SMILES string of the molecule is CN1C(=O)[C@]2(N=C1N)c1cc(-c3cncnc3)ccc1O[C@H]1CCCO[C@@]12C. The van der Waals surface area contributed by atoms with Crippen molar-refractivity contribution in [3.8, 4) is 16.9 Å². The largest absolute Gasteiger partial charge is 0.487 e. The second-order valence-corrected chi connectivity index (χ2v) is 7.59. The molecule has 0 radical (unpaired) electrons. The lowest BCUT2D eigenvalue weighted by Crippen LogP contribution is -2.67. The minimum atomic E-state index is -1.28. The molecule has 1 amide bonds. The van der Waals surface area contributed by atoms with Crippen LogP contribution in [0.25, 0.3) is 11.1 Å². The molecule has 28 heavy (non-hydrogen) atoms. The third-order valence-corrected chi connectivity index (χ3v) is 6.12. The number of aromatic nitrogens is 2. The van der Waals surface area contributed by atoms with Crippen molar-refractivity contribution in [2.45, 2.75) is 37.0 Å². The fourth-order valence-electron chi connectivity index (χ4n) is 4.53. The van der Waals surface area contributed by atoms with Crippen molar-refractivity contribution in [3.05, 3.63) is 42.5 Å². The van der Waals surface area contributed by atoms with Gasteiger partial charge in [-0.25, -0.2) is 15.0 Å². The Bertz CT molecular complexity index is 995. The number of carbonyl (C=O) groups excluding carboxylic acids is 1. The quantitative estimate of drug-likeness (QED) is 0.805. The van der Waals surface area contributed by atoms with E-state index in [1.165, 1.54) is 11.2 Å². The van der Waals surface area contributed by atoms with E-state index in [-0.39, 0.29) is 18.0 Å². The monoisotopic (exact) mass is 379 g/mol. The van der Waals surface area contributed by atoms with Crippen LogP contribution in [-0.4, -0.2) is 52.1 Å². The average molecular weight is 379 g/mol. The highest BCUT2D eigenvalue weighted by molar-refractivity contribution is 6.08. The Morgan fingerprint density at radius 1 is 1.25 bits per heavy atom. The molecule has 3 aliphatic heterocycles. The number of rotatable bonds is 1. The first-order valence-corrected chi connectivity index (χ1v) is 9.31. The number of nitrogens with two attached hydrogens (primary N) is 1. The summed E-state index contributed by atoms with van der Waals surface area (Å²) in [7, 11) is 1.64. The van der Waals surface area contributed by atoms with Crippen LogP contribution in [0.15, 0.2) is 41.9 Å². The van der Waals surface area contributed by atoms with Crippen LogP contribution in [0.1, 0.15) is 25.3 Å². The standard InChI is InChI=1S/C20H21N5O3/c1-19-16(4-3-7-27-19)28-15-6-5-12(13-9-22-11-23-10-13)8-14(15)20(19)17(26)25(2)18(21)24-20/h5-6,8-11,16H,3-4,7H2,1-2H3,(H2,21,24)/t16-,19-,20+/m0/s1. The number of guanidine groups is 1. The summed E-state index contributed by atoms with van der Waals surface area (Å²) < 4.78 is 12.5. The molecule has 1 aromatic heterocycles. The zero-order chi connectivity index (χ0) is 19.5. The van der Waals surface area contributed by atoms with Crippen molar-refractivity contribution in [1.82, 2.24) is 14.9 Å². The second-order valence-electron chi connectivity index (χ2n) is 7.59. The minimum Gasteiger partial charge on any atom is -0.487 e. The van der Waals surface area contributed by atoms with Gasteiger partial charge in [0.25, 0.3) is 5.91 Å². The Kier molecular flexibility index (Phi) is 3.51. The summed E-state index contributed by atoms with van der Waals surface area (Å²) in [4.78, 5) is 27.8. The molecule has 2 aromatic rings. The number of nitrogens with zero attached hydrogens (tertiary/aromatic N) is 4. The molecular weight excluding hydrogens is 358 g/mol. The summed E-state index contributed by atoms with van der Waals surface area (Å²) in [5.74, 6) is 0.611. The fraction of sp³-hybridized carbons (Fsp3) is 0.400. The van der Waals surface area contributed by atoms with Gasteiger partial charge in [-0.1, -0.05) is 6.07 Å². The van der Waals surface area contributed by atoms with Gasteiger partial charge >= 0.3 is 0 Å². The molecule has 0 bridgehead atoms. The van der Waals surface area contributed by atoms with Crippen molar-refractivity contribution in [2.24, 2.45) is 10.7 Å². The molecule has 8 nitrogen and oxygen atoms in total. The molecule has 0 aliphatic carbocycles. The van der Waals surface area contributed by atoms with Crippen molar-refractivity contribution in [1.29, 1.82) is 0 Å². The molecule has 0 saturated carbocycles. The molecule has 5 rings (SSSR count). The third kappa shape index (κ3) is 2.03. The molecular formula is C20H21N5O3. The molecule has 144 valence electrons. The van der Waals surface area contributed by atoms with Gasteiger partial charge in [0.2, 0.25) is 5.54 Å². The van der Waals surface area contributed by atoms with Gasteiger partial charge in [0, 0.05) is 37.2 Å². The number of benzene rings is 1. The van der Waals surface area contributed by atoms with Crippen molar-refractivity contribution >= 4 is 11.9 Å². The molecule has 8 heteroatoms. The molecule has 0 unspecified atom stereocenters. The van der Waals surface area contributed by atoms with E-state index in [1.807, 2.05) is 25.1 Å². The predicted molar refractivity (Wildman–Crippen MR) is 102 cm³/mol. The van der Waals surface area contributed by atoms with Crippen LogP contribution >= 0.6 is 0 Å². The fourth-order valence-corrected chi connectivity index (χ4v) is 4.53. The van der Waals surface area contributed by atoms with E-state index in [9.17, 15) is 4.79 Å². The van der Waals surface area contributed by atoms with Crippen molar-refractivity contribution in [2.75, 3.05) is 13.7 Å². The second kappa shape index (κ2) is 5.75. The number of ether oxygens (including phenoxy) is 2. The molecule has 2 N–H and O–H groups in total.